The van der Waals surface area contributed by atoms with Gasteiger partial charge in [0, 0.05) is 48.5 Å². The van der Waals surface area contributed by atoms with Gasteiger partial charge in [0.2, 0.25) is 0 Å². The number of hydrogen-bond acceptors (Lipinski definition) is 5. The van der Waals surface area contributed by atoms with Crippen LogP contribution in [0, 0.1) is 0 Å². The number of hydrogen-bond donors (Lipinski definition) is 2. The number of carboxylic acids is 1. The number of pyridine rings is 1. The third kappa shape index (κ3) is 4.41. The second-order valence-corrected chi connectivity index (χ2v) is 8.19. The number of fused-ring (bicyclic) bond motifs is 1. The molecule has 2 N–H and O–H groups in total. The molecule has 3 aromatic carbocycles. The first-order valence-electron chi connectivity index (χ1n) is 11.2. The van der Waals surface area contributed by atoms with Gasteiger partial charge in [-0.05, 0) is 48.5 Å². The molecule has 0 spiro atoms. The average molecular weight is 453 g/mol. The van der Waals surface area contributed by atoms with Gasteiger partial charge in [0.05, 0.1) is 11.1 Å². The van der Waals surface area contributed by atoms with Gasteiger partial charge in [-0.15, -0.1) is 0 Å². The van der Waals surface area contributed by atoms with Crippen LogP contribution in [0.4, 0.5) is 17.2 Å². The average Bonchev–Trinajstić information content (AvgIpc) is 2.89. The number of nitrogens with one attached hydrogen (secondary N) is 1. The first-order valence-corrected chi connectivity index (χ1v) is 11.2. The van der Waals surface area contributed by atoms with Gasteiger partial charge in [-0.25, -0.2) is 9.78 Å². The molecule has 0 aliphatic carbocycles. The number of piperazine rings is 1. The maximum atomic E-state index is 12.5. The van der Waals surface area contributed by atoms with E-state index in [1.165, 1.54) is 5.69 Å². The van der Waals surface area contributed by atoms with E-state index in [1.807, 2.05) is 24.3 Å². The zero-order chi connectivity index (χ0) is 23.5. The molecule has 1 aromatic heterocycles. The number of carbonyl (C=O) groups is 2. The van der Waals surface area contributed by atoms with Crippen LogP contribution in [-0.2, 0) is 0 Å². The Morgan fingerprint density at radius 2 is 1.44 bits per heavy atom. The van der Waals surface area contributed by atoms with E-state index in [0.29, 0.717) is 28.0 Å². The number of benzene rings is 3. The van der Waals surface area contributed by atoms with E-state index in [1.54, 1.807) is 48.5 Å². The second-order valence-electron chi connectivity index (χ2n) is 8.19. The molecule has 0 bridgehead atoms. The Morgan fingerprint density at radius 1 is 0.794 bits per heavy atom. The Kier molecular flexibility index (Phi) is 5.82. The molecule has 5 rings (SSSR count). The zero-order valence-electron chi connectivity index (χ0n) is 18.5. The summed E-state index contributed by atoms with van der Waals surface area (Å²) in [6.07, 6.45) is 0. The largest absolute Gasteiger partial charge is 0.478 e. The zero-order valence-corrected chi connectivity index (χ0v) is 18.5. The van der Waals surface area contributed by atoms with Crippen LogP contribution in [0.3, 0.4) is 0 Å². The lowest BCUT2D eigenvalue weighted by atomic mass is 10.1. The van der Waals surface area contributed by atoms with Crippen molar-refractivity contribution in [3.8, 4) is 0 Å². The highest BCUT2D eigenvalue weighted by Gasteiger charge is 2.21. The van der Waals surface area contributed by atoms with E-state index in [4.69, 9.17) is 4.98 Å². The summed E-state index contributed by atoms with van der Waals surface area (Å²) in [6, 6.07) is 26.0. The molecule has 0 saturated carbocycles. The van der Waals surface area contributed by atoms with Gasteiger partial charge >= 0.3 is 5.97 Å². The van der Waals surface area contributed by atoms with Crippen molar-refractivity contribution in [3.63, 3.8) is 0 Å². The minimum atomic E-state index is -1.02. The fourth-order valence-corrected chi connectivity index (χ4v) is 4.25. The molecule has 0 unspecified atom stereocenters. The topological polar surface area (TPSA) is 85.8 Å². The van der Waals surface area contributed by atoms with Gasteiger partial charge in [-0.1, -0.05) is 36.4 Å². The second kappa shape index (κ2) is 9.23. The molecule has 170 valence electrons. The number of carboxylic acid groups (broad SMARTS) is 1. The summed E-state index contributed by atoms with van der Waals surface area (Å²) in [5, 5.41) is 13.2. The van der Waals surface area contributed by atoms with Crippen molar-refractivity contribution >= 4 is 40.0 Å². The first-order chi connectivity index (χ1) is 16.6. The van der Waals surface area contributed by atoms with Crippen LogP contribution in [0.1, 0.15) is 20.7 Å². The van der Waals surface area contributed by atoms with E-state index in [2.05, 4.69) is 27.2 Å². The van der Waals surface area contributed by atoms with Crippen molar-refractivity contribution in [1.82, 2.24) is 4.98 Å². The van der Waals surface area contributed by atoms with E-state index >= 15 is 0 Å². The normalized spacial score (nSPS) is 13.6. The number of nitrogens with zero attached hydrogens (tertiary/aromatic N) is 3. The molecule has 0 atom stereocenters. The Labute approximate surface area is 197 Å². The number of rotatable bonds is 5. The molecule has 1 aliphatic rings. The number of carbonyl (C=O) groups excluding carboxylic acids is 1. The quantitative estimate of drug-likeness (QED) is 0.463. The number of aromatic carboxylic acids is 1. The first kappa shape index (κ1) is 21.5. The van der Waals surface area contributed by atoms with Crippen LogP contribution in [0.15, 0.2) is 84.9 Å². The maximum absolute atomic E-state index is 12.5. The monoisotopic (exact) mass is 452 g/mol. The molecular weight excluding hydrogens is 428 g/mol. The SMILES string of the molecule is O=C(Nc1ccc2nc(N3CCN(c4ccccc4)CC3)cc(C(=O)O)c2c1)c1ccccc1. The summed E-state index contributed by atoms with van der Waals surface area (Å²) in [4.78, 5) is 33.8. The number of anilines is 3. The van der Waals surface area contributed by atoms with Gasteiger partial charge < -0.3 is 20.2 Å². The molecule has 2 heterocycles. The van der Waals surface area contributed by atoms with Crippen LogP contribution < -0.4 is 15.1 Å². The van der Waals surface area contributed by atoms with Gasteiger partial charge in [-0.3, -0.25) is 4.79 Å². The molecule has 34 heavy (non-hydrogen) atoms. The van der Waals surface area contributed by atoms with Gasteiger partial charge in [-0.2, -0.15) is 0 Å². The minimum absolute atomic E-state index is 0.168. The smallest absolute Gasteiger partial charge is 0.336 e. The summed E-state index contributed by atoms with van der Waals surface area (Å²) < 4.78 is 0. The highest BCUT2D eigenvalue weighted by molar-refractivity contribution is 6.08. The van der Waals surface area contributed by atoms with Crippen LogP contribution >= 0.6 is 0 Å². The molecule has 1 fully saturated rings. The Bertz CT molecular complexity index is 1330. The molecule has 7 nitrogen and oxygen atoms in total. The van der Waals surface area contributed by atoms with Gasteiger partial charge in [0.25, 0.3) is 5.91 Å². The van der Waals surface area contributed by atoms with Crippen molar-refractivity contribution in [2.24, 2.45) is 0 Å². The van der Waals surface area contributed by atoms with Crippen LogP contribution in [0.25, 0.3) is 10.9 Å². The number of para-hydroxylation sites is 1. The lowest BCUT2D eigenvalue weighted by Crippen LogP contribution is -2.46. The molecule has 4 aromatic rings. The van der Waals surface area contributed by atoms with Crippen LogP contribution in [0.5, 0.6) is 0 Å². The highest BCUT2D eigenvalue weighted by atomic mass is 16.4. The third-order valence-corrected chi connectivity index (χ3v) is 6.04. The number of amides is 1. The van der Waals surface area contributed by atoms with E-state index < -0.39 is 5.97 Å². The fourth-order valence-electron chi connectivity index (χ4n) is 4.25. The summed E-state index contributed by atoms with van der Waals surface area (Å²) in [6.45, 7) is 3.16. The van der Waals surface area contributed by atoms with Crippen molar-refractivity contribution in [3.05, 3.63) is 96.1 Å². The summed E-state index contributed by atoms with van der Waals surface area (Å²) in [7, 11) is 0. The van der Waals surface area contributed by atoms with Gasteiger partial charge in [0.15, 0.2) is 0 Å². The lowest BCUT2D eigenvalue weighted by molar-refractivity contribution is 0.0698. The summed E-state index contributed by atoms with van der Waals surface area (Å²) in [5.74, 6) is -0.625. The fraction of sp³-hybridized carbons (Fsp3) is 0.148. The lowest BCUT2D eigenvalue weighted by Gasteiger charge is -2.37. The molecular formula is C27H24N4O3. The predicted octanol–water partition coefficient (Wildman–Crippen LogP) is 4.51. The summed E-state index contributed by atoms with van der Waals surface area (Å²) >= 11 is 0. The Hall–Kier alpha value is -4.39. The predicted molar refractivity (Wildman–Crippen MR) is 134 cm³/mol. The van der Waals surface area contributed by atoms with Crippen molar-refractivity contribution in [2.45, 2.75) is 0 Å². The van der Waals surface area contributed by atoms with Gasteiger partial charge in [0.1, 0.15) is 5.82 Å². The minimum Gasteiger partial charge on any atom is -0.478 e. The number of aromatic nitrogens is 1. The third-order valence-electron chi connectivity index (χ3n) is 6.04. The van der Waals surface area contributed by atoms with E-state index in [-0.39, 0.29) is 11.5 Å². The highest BCUT2D eigenvalue weighted by Crippen LogP contribution is 2.27. The molecule has 1 aliphatic heterocycles. The van der Waals surface area contributed by atoms with Crippen LogP contribution in [-0.4, -0.2) is 48.1 Å². The molecule has 0 radical (unpaired) electrons. The van der Waals surface area contributed by atoms with Crippen molar-refractivity contribution in [2.75, 3.05) is 41.3 Å². The molecule has 1 amide bonds. The standard InChI is InChI=1S/C27H24N4O3/c32-26(19-7-3-1-4-8-19)28-20-11-12-24-22(17-20)23(27(33)34)18-25(29-24)31-15-13-30(14-16-31)21-9-5-2-6-10-21/h1-12,17-18H,13-16H2,(H,28,32)(H,33,34). The van der Waals surface area contributed by atoms with E-state index in [0.717, 1.165) is 26.2 Å². The summed E-state index contributed by atoms with van der Waals surface area (Å²) in [5.41, 5.74) is 2.99. The van der Waals surface area contributed by atoms with Crippen molar-refractivity contribution < 1.29 is 14.7 Å². The van der Waals surface area contributed by atoms with E-state index in [9.17, 15) is 14.7 Å². The van der Waals surface area contributed by atoms with Crippen molar-refractivity contribution in [1.29, 1.82) is 0 Å². The molecule has 7 heteroatoms. The Balaban J connectivity index is 1.39. The molecule has 1 saturated heterocycles. The maximum Gasteiger partial charge on any atom is 0.336 e. The Morgan fingerprint density at radius 3 is 2.12 bits per heavy atom. The van der Waals surface area contributed by atoms with Crippen LogP contribution in [0.2, 0.25) is 0 Å².